The Bertz CT molecular complexity index is 2580. The van der Waals surface area contributed by atoms with Crippen molar-refractivity contribution in [2.24, 2.45) is 17.8 Å². The monoisotopic (exact) mass is 903 g/mol. The molecule has 334 valence electrons. The van der Waals surface area contributed by atoms with Crippen LogP contribution in [0.15, 0.2) is 88.4 Å². The predicted octanol–water partition coefficient (Wildman–Crippen LogP) is 9.82. The summed E-state index contributed by atoms with van der Waals surface area (Å²) in [4.78, 5) is 38.9. The minimum Gasteiger partial charge on any atom is -0.491 e. The molecule has 1 amide bonds. The van der Waals surface area contributed by atoms with Crippen molar-refractivity contribution in [1.29, 1.82) is 0 Å². The number of ether oxygens (including phenoxy) is 3. The van der Waals surface area contributed by atoms with Gasteiger partial charge in [-0.05, 0) is 128 Å². The molecule has 1 N–H and O–H groups in total. The van der Waals surface area contributed by atoms with Crippen molar-refractivity contribution in [3.05, 3.63) is 107 Å². The molecule has 1 heterocycles. The lowest BCUT2D eigenvalue weighted by molar-refractivity contribution is -0.133. The smallest absolute Gasteiger partial charge is 0.220 e. The van der Waals surface area contributed by atoms with Gasteiger partial charge in [0.25, 0.3) is 0 Å². The fourth-order valence-corrected chi connectivity index (χ4v) is 12.3. The van der Waals surface area contributed by atoms with E-state index in [0.717, 1.165) is 52.8 Å². The number of sulfone groups is 1. The first kappa shape index (κ1) is 44.9. The highest BCUT2D eigenvalue weighted by Crippen LogP contribution is 2.51. The summed E-state index contributed by atoms with van der Waals surface area (Å²) in [6.07, 6.45) is 6.77. The molecule has 63 heavy (non-hydrogen) atoms. The minimum absolute atomic E-state index is 0.0192. The fraction of sp³-hybridized carbons (Fsp3) is 0.449. The second-order valence-electron chi connectivity index (χ2n) is 17.2. The lowest BCUT2D eigenvalue weighted by Crippen LogP contribution is -2.42. The van der Waals surface area contributed by atoms with Crippen LogP contribution in [0.2, 0.25) is 5.02 Å². The summed E-state index contributed by atoms with van der Waals surface area (Å²) in [6, 6.07) is 18.3. The number of rotatable bonds is 17. The number of carbonyl (C=O) groups is 3. The van der Waals surface area contributed by atoms with E-state index in [2.05, 4.69) is 5.32 Å². The van der Waals surface area contributed by atoms with Crippen LogP contribution < -0.4 is 10.1 Å². The zero-order valence-electron chi connectivity index (χ0n) is 35.1. The van der Waals surface area contributed by atoms with Crippen LogP contribution in [-0.2, 0) is 38.4 Å². The van der Waals surface area contributed by atoms with Gasteiger partial charge in [0.2, 0.25) is 5.91 Å². The first-order chi connectivity index (χ1) is 30.4. The summed E-state index contributed by atoms with van der Waals surface area (Å²) in [6.45, 7) is 1.85. The van der Waals surface area contributed by atoms with Gasteiger partial charge in [0.05, 0.1) is 37.6 Å². The van der Waals surface area contributed by atoms with Crippen molar-refractivity contribution in [2.45, 2.75) is 86.2 Å². The number of nitrogens with one attached hydrogen (secondary N) is 1. The van der Waals surface area contributed by atoms with Crippen LogP contribution in [0, 0.1) is 29.4 Å². The second-order valence-corrected chi connectivity index (χ2v) is 19.9. The van der Waals surface area contributed by atoms with Gasteiger partial charge in [-0.15, -0.1) is 0 Å². The van der Waals surface area contributed by atoms with E-state index in [9.17, 15) is 27.2 Å². The molecular weight excluding hydrogens is 852 g/mol. The van der Waals surface area contributed by atoms with E-state index in [1.165, 1.54) is 24.3 Å². The molecule has 3 aliphatic carbocycles. The molecule has 5 aromatic rings. The Hall–Kier alpha value is -4.69. The molecular formula is C49H52ClF2NO9S. The molecule has 5 atom stereocenters. The molecule has 0 radical (unpaired) electrons. The molecule has 4 aromatic carbocycles. The molecule has 0 spiro atoms. The van der Waals surface area contributed by atoms with E-state index < -0.39 is 26.2 Å². The van der Waals surface area contributed by atoms with Crippen molar-refractivity contribution in [2.75, 3.05) is 39.6 Å². The molecule has 0 aliphatic heterocycles. The number of benzene rings is 4. The average molecular weight is 904 g/mol. The molecule has 8 rings (SSSR count). The van der Waals surface area contributed by atoms with Gasteiger partial charge >= 0.3 is 0 Å². The van der Waals surface area contributed by atoms with E-state index >= 15 is 4.39 Å². The van der Waals surface area contributed by atoms with E-state index in [1.807, 2.05) is 30.3 Å². The zero-order chi connectivity index (χ0) is 44.1. The summed E-state index contributed by atoms with van der Waals surface area (Å²) in [5.41, 5.74) is 1.38. The number of fused-ring (bicyclic) bond motifs is 4. The Labute approximate surface area is 370 Å². The van der Waals surface area contributed by atoms with E-state index in [0.29, 0.717) is 81.3 Å². The fourth-order valence-electron chi connectivity index (χ4n) is 9.95. The van der Waals surface area contributed by atoms with Crippen LogP contribution in [-0.4, -0.2) is 65.5 Å². The quantitative estimate of drug-likeness (QED) is 0.0904. The van der Waals surface area contributed by atoms with Crippen LogP contribution >= 0.6 is 11.6 Å². The third-order valence-electron chi connectivity index (χ3n) is 13.3. The maximum absolute atomic E-state index is 15.3. The first-order valence-electron chi connectivity index (χ1n) is 21.9. The molecule has 0 bridgehead atoms. The first-order valence-corrected chi connectivity index (χ1v) is 23.8. The number of Topliss-reactive ketones (excluding diaryl/α,β-unsaturated/α-hetero) is 2. The maximum atomic E-state index is 15.3. The van der Waals surface area contributed by atoms with Gasteiger partial charge in [-0.3, -0.25) is 14.4 Å². The number of furan rings is 1. The van der Waals surface area contributed by atoms with Crippen molar-refractivity contribution >= 4 is 60.7 Å². The predicted molar refractivity (Wildman–Crippen MR) is 235 cm³/mol. The Balaban J connectivity index is 0.752. The Morgan fingerprint density at radius 3 is 2.48 bits per heavy atom. The summed E-state index contributed by atoms with van der Waals surface area (Å²) in [7, 11) is -4.19. The van der Waals surface area contributed by atoms with Crippen molar-refractivity contribution in [3.8, 4) is 5.75 Å². The van der Waals surface area contributed by atoms with Crippen LogP contribution in [0.4, 0.5) is 8.78 Å². The van der Waals surface area contributed by atoms with Crippen molar-refractivity contribution < 1.29 is 50.2 Å². The lowest BCUT2D eigenvalue weighted by atomic mass is 9.64. The SMILES string of the molecule is O=C1CCC(c2coc3ccc4cc(OCCOCCOCCNC(=O)CC[C@@H]5CCC[C@@](c6cc(F)ccc6F)(S(=O)(=O)c6ccc(Cl)cc6)C5)ccc4c23)C(=O)C2CCC2C1. The molecule has 3 aliphatic rings. The highest BCUT2D eigenvalue weighted by Gasteiger charge is 2.51. The highest BCUT2D eigenvalue weighted by molar-refractivity contribution is 7.92. The van der Waals surface area contributed by atoms with E-state index in [1.54, 1.807) is 6.26 Å². The summed E-state index contributed by atoms with van der Waals surface area (Å²) in [5, 5.41) is 6.03. The molecule has 10 nitrogen and oxygen atoms in total. The summed E-state index contributed by atoms with van der Waals surface area (Å²) < 4.78 is 79.8. The number of ketones is 2. The molecule has 0 saturated heterocycles. The standard InChI is InChI=1S/C49H52ClF2NO9S/c50-34-6-11-38(12-7-34)63(57,58)49(43-28-35(51)8-16-44(43)52)19-1-2-31(29-49)3-18-46(55)53-20-21-59-22-23-60-24-25-61-37-10-15-39-33(27-37)5-17-45-47(39)42(30-62-45)41-14-9-36(54)26-32-4-13-40(32)48(41)56/h5-8,10-12,15-17,27-28,30-32,40-41H,1-4,9,13-14,18-26,29H2,(H,53,55)/t31-,32?,40?,41?,49+/m0/s1. The van der Waals surface area contributed by atoms with Gasteiger partial charge in [-0.1, -0.05) is 30.5 Å². The van der Waals surface area contributed by atoms with Gasteiger partial charge in [-0.2, -0.15) is 0 Å². The van der Waals surface area contributed by atoms with Gasteiger partial charge in [0.1, 0.15) is 45.9 Å². The molecule has 14 heteroatoms. The van der Waals surface area contributed by atoms with Gasteiger partial charge in [-0.25, -0.2) is 17.2 Å². The molecule has 3 saturated carbocycles. The highest BCUT2D eigenvalue weighted by atomic mass is 35.5. The maximum Gasteiger partial charge on any atom is 0.220 e. The number of amides is 1. The Morgan fingerprint density at radius 1 is 0.889 bits per heavy atom. The Kier molecular flexibility index (Phi) is 14.0. The van der Waals surface area contributed by atoms with Gasteiger partial charge in [0.15, 0.2) is 9.84 Å². The van der Waals surface area contributed by atoms with Crippen LogP contribution in [0.5, 0.6) is 5.75 Å². The zero-order valence-corrected chi connectivity index (χ0v) is 36.6. The number of hydrogen-bond donors (Lipinski definition) is 1. The largest absolute Gasteiger partial charge is 0.491 e. The average Bonchev–Trinajstić information content (AvgIpc) is 3.70. The van der Waals surface area contributed by atoms with Crippen molar-refractivity contribution in [1.82, 2.24) is 5.32 Å². The minimum atomic E-state index is -4.19. The van der Waals surface area contributed by atoms with Crippen molar-refractivity contribution in [3.63, 3.8) is 0 Å². The van der Waals surface area contributed by atoms with Crippen LogP contribution in [0.3, 0.4) is 0 Å². The van der Waals surface area contributed by atoms with Gasteiger partial charge < -0.3 is 23.9 Å². The van der Waals surface area contributed by atoms with E-state index in [4.69, 9.17) is 30.2 Å². The molecule has 3 fully saturated rings. The third kappa shape index (κ3) is 9.72. The second kappa shape index (κ2) is 19.6. The lowest BCUT2D eigenvalue weighted by Gasteiger charge is -2.41. The van der Waals surface area contributed by atoms with Crippen LogP contribution in [0.25, 0.3) is 21.7 Å². The Morgan fingerprint density at radius 2 is 1.68 bits per heavy atom. The van der Waals surface area contributed by atoms with Gasteiger partial charge in [0, 0.05) is 59.2 Å². The molecule has 3 unspecified atom stereocenters. The summed E-state index contributed by atoms with van der Waals surface area (Å²) >= 11 is 6.02. The topological polar surface area (TPSA) is 138 Å². The van der Waals surface area contributed by atoms with E-state index in [-0.39, 0.29) is 84.0 Å². The van der Waals surface area contributed by atoms with Crippen LogP contribution in [0.1, 0.15) is 87.7 Å². The normalized spacial score (nSPS) is 22.9. The third-order valence-corrected chi connectivity index (χ3v) is 16.1. The molecule has 1 aromatic heterocycles. The summed E-state index contributed by atoms with van der Waals surface area (Å²) in [5.74, 6) is -0.984. The number of hydrogen-bond acceptors (Lipinski definition) is 9. The number of halogens is 3. The number of carbonyl (C=O) groups excluding carboxylic acids is 3.